The molecule has 6 aromatic carbocycles. The number of benzene rings is 6. The van der Waals surface area contributed by atoms with Crippen molar-refractivity contribution in [3.8, 4) is 5.75 Å². The van der Waals surface area contributed by atoms with Crippen molar-refractivity contribution in [2.45, 2.75) is 62.8 Å². The van der Waals surface area contributed by atoms with Crippen molar-refractivity contribution in [2.24, 2.45) is 0 Å². The standard InChI is InChI=1S/C54H52N4O6/c1-53(63-36-41-22-12-5-13-23-41)50(64-48(37-61-34-39-18-8-3-9-19-39)51(53)62-35-40-20-10-4-11-21-40)47-32-42(33-59)49-52(55-38-56-58(47)49)57-54(43-24-14-6-15-25-43,44-26-16-7-17-27-44)45-28-30-46(60-2)31-29-45/h3-32,38,48,50-51,59H,33-37H2,1-2H3,(H,55,56,57)/t48-,50+,51-,53+/m1/s1. The zero-order valence-electron chi connectivity index (χ0n) is 36.0. The average molecular weight is 853 g/mol. The quantitative estimate of drug-likeness (QED) is 0.0816. The second-order valence-electron chi connectivity index (χ2n) is 16.2. The maximum atomic E-state index is 11.2. The smallest absolute Gasteiger partial charge is 0.155 e. The highest BCUT2D eigenvalue weighted by Gasteiger charge is 2.57. The van der Waals surface area contributed by atoms with Gasteiger partial charge in [0, 0.05) is 5.56 Å². The Morgan fingerprint density at radius 1 is 0.688 bits per heavy atom. The molecule has 8 aromatic rings. The van der Waals surface area contributed by atoms with Gasteiger partial charge in [0.15, 0.2) is 5.82 Å². The second kappa shape index (κ2) is 19.4. The van der Waals surface area contributed by atoms with E-state index in [1.54, 1.807) is 7.11 Å². The SMILES string of the molecule is COc1ccc(C(Nc2ncnn3c([C@@H]4O[C@H](COCc5ccccc5)[C@@H](OCc5ccccc5)[C@@]4(C)OCc4ccccc4)cc(CO)c23)(c2ccccc2)c2ccccc2)cc1. The normalized spacial score (nSPS) is 18.6. The molecule has 1 fully saturated rings. The van der Waals surface area contributed by atoms with Crippen LogP contribution in [0, 0.1) is 0 Å². The number of aliphatic hydroxyl groups is 1. The van der Waals surface area contributed by atoms with Crippen LogP contribution in [0.1, 0.15) is 57.7 Å². The van der Waals surface area contributed by atoms with E-state index in [9.17, 15) is 5.11 Å². The maximum Gasteiger partial charge on any atom is 0.155 e. The lowest BCUT2D eigenvalue weighted by Gasteiger charge is -2.37. The van der Waals surface area contributed by atoms with E-state index in [0.717, 1.165) is 39.1 Å². The summed E-state index contributed by atoms with van der Waals surface area (Å²) in [7, 11) is 1.66. The van der Waals surface area contributed by atoms with Crippen molar-refractivity contribution in [3.63, 3.8) is 0 Å². The molecule has 10 nitrogen and oxygen atoms in total. The van der Waals surface area contributed by atoms with Gasteiger partial charge in [-0.2, -0.15) is 5.10 Å². The van der Waals surface area contributed by atoms with Gasteiger partial charge in [0.05, 0.1) is 45.8 Å². The van der Waals surface area contributed by atoms with Crippen LogP contribution in [-0.2, 0) is 50.9 Å². The van der Waals surface area contributed by atoms with Gasteiger partial charge in [-0.25, -0.2) is 9.50 Å². The van der Waals surface area contributed by atoms with Crippen LogP contribution in [0.3, 0.4) is 0 Å². The van der Waals surface area contributed by atoms with Crippen molar-refractivity contribution in [1.82, 2.24) is 14.6 Å². The molecule has 3 heterocycles. The van der Waals surface area contributed by atoms with E-state index in [2.05, 4.69) is 41.7 Å². The molecule has 0 spiro atoms. The maximum absolute atomic E-state index is 11.2. The summed E-state index contributed by atoms with van der Waals surface area (Å²) < 4.78 is 35.0. The van der Waals surface area contributed by atoms with E-state index in [0.29, 0.717) is 42.4 Å². The van der Waals surface area contributed by atoms with Gasteiger partial charge in [0.2, 0.25) is 0 Å². The zero-order valence-corrected chi connectivity index (χ0v) is 36.0. The fourth-order valence-electron chi connectivity index (χ4n) is 8.92. The van der Waals surface area contributed by atoms with Gasteiger partial charge in [-0.15, -0.1) is 0 Å². The van der Waals surface area contributed by atoms with Crippen LogP contribution in [0.5, 0.6) is 5.75 Å². The molecule has 0 unspecified atom stereocenters. The molecule has 1 aliphatic heterocycles. The zero-order chi connectivity index (χ0) is 43.8. The van der Waals surface area contributed by atoms with Gasteiger partial charge in [0.1, 0.15) is 47.0 Å². The fraction of sp³-hybridized carbons (Fsp3) is 0.222. The Balaban J connectivity index is 1.17. The molecule has 4 atom stereocenters. The van der Waals surface area contributed by atoms with Gasteiger partial charge in [-0.1, -0.05) is 164 Å². The van der Waals surface area contributed by atoms with Crippen molar-refractivity contribution < 1.29 is 28.8 Å². The first kappa shape index (κ1) is 42.6. The fourth-order valence-corrected chi connectivity index (χ4v) is 8.92. The summed E-state index contributed by atoms with van der Waals surface area (Å²) in [6, 6.07) is 60.9. The monoisotopic (exact) mass is 852 g/mol. The van der Waals surface area contributed by atoms with Crippen LogP contribution in [0.25, 0.3) is 5.52 Å². The molecule has 0 aliphatic carbocycles. The molecule has 1 saturated heterocycles. The summed E-state index contributed by atoms with van der Waals surface area (Å²) in [6.45, 7) is 3.04. The largest absolute Gasteiger partial charge is 0.497 e. The van der Waals surface area contributed by atoms with Crippen LogP contribution in [0.4, 0.5) is 5.82 Å². The first-order chi connectivity index (χ1) is 31.5. The predicted octanol–water partition coefficient (Wildman–Crippen LogP) is 9.85. The van der Waals surface area contributed by atoms with Crippen molar-refractivity contribution in [1.29, 1.82) is 0 Å². The molecule has 2 aromatic heterocycles. The minimum absolute atomic E-state index is 0.242. The average Bonchev–Trinajstić information content (AvgIpc) is 3.87. The molecule has 324 valence electrons. The molecule has 2 N–H and O–H groups in total. The Morgan fingerprint density at radius 2 is 1.22 bits per heavy atom. The van der Waals surface area contributed by atoms with Gasteiger partial charge < -0.3 is 34.1 Å². The molecule has 64 heavy (non-hydrogen) atoms. The Bertz CT molecular complexity index is 2670. The molecule has 0 bridgehead atoms. The van der Waals surface area contributed by atoms with E-state index in [1.165, 1.54) is 6.33 Å². The lowest BCUT2D eigenvalue weighted by Crippen LogP contribution is -2.47. The number of nitrogens with zero attached hydrogens (tertiary/aromatic N) is 3. The predicted molar refractivity (Wildman–Crippen MR) is 247 cm³/mol. The highest BCUT2D eigenvalue weighted by molar-refractivity contribution is 5.76. The number of fused-ring (bicyclic) bond motifs is 1. The number of aliphatic hydroxyl groups excluding tert-OH is 1. The summed E-state index contributed by atoms with van der Waals surface area (Å²) >= 11 is 0. The van der Waals surface area contributed by atoms with E-state index in [4.69, 9.17) is 33.8 Å². The third-order valence-electron chi connectivity index (χ3n) is 12.1. The second-order valence-corrected chi connectivity index (χ2v) is 16.2. The lowest BCUT2D eigenvalue weighted by molar-refractivity contribution is -0.148. The first-order valence-electron chi connectivity index (χ1n) is 21.6. The molecule has 10 heteroatoms. The Labute approximate surface area is 374 Å². The Hall–Kier alpha value is -6.66. The van der Waals surface area contributed by atoms with Crippen LogP contribution in [0.2, 0.25) is 0 Å². The first-order valence-corrected chi connectivity index (χ1v) is 21.6. The van der Waals surface area contributed by atoms with Crippen LogP contribution in [-0.4, -0.2) is 51.2 Å². The van der Waals surface area contributed by atoms with Gasteiger partial charge >= 0.3 is 0 Å². The number of aromatic nitrogens is 3. The molecule has 0 amide bonds. The van der Waals surface area contributed by atoms with Gasteiger partial charge in [-0.3, -0.25) is 0 Å². The molecule has 0 radical (unpaired) electrons. The van der Waals surface area contributed by atoms with Crippen LogP contribution >= 0.6 is 0 Å². The Morgan fingerprint density at radius 3 is 1.78 bits per heavy atom. The van der Waals surface area contributed by atoms with E-state index in [1.807, 2.05) is 157 Å². The molecule has 1 aliphatic rings. The summed E-state index contributed by atoms with van der Waals surface area (Å²) in [5, 5.41) is 20.0. The minimum atomic E-state index is -1.08. The van der Waals surface area contributed by atoms with Crippen LogP contribution < -0.4 is 10.1 Å². The summed E-state index contributed by atoms with van der Waals surface area (Å²) in [4.78, 5) is 4.93. The number of hydrogen-bond acceptors (Lipinski definition) is 9. The Kier molecular flexibility index (Phi) is 12.9. The minimum Gasteiger partial charge on any atom is -0.497 e. The van der Waals surface area contributed by atoms with Crippen molar-refractivity contribution >= 4 is 11.3 Å². The molecule has 9 rings (SSSR count). The summed E-state index contributed by atoms with van der Waals surface area (Å²) in [5.41, 5.74) is 5.88. The molecular formula is C54H52N4O6. The highest BCUT2D eigenvalue weighted by atomic mass is 16.6. The van der Waals surface area contributed by atoms with Gasteiger partial charge in [0.25, 0.3) is 0 Å². The van der Waals surface area contributed by atoms with E-state index < -0.39 is 29.5 Å². The van der Waals surface area contributed by atoms with E-state index >= 15 is 0 Å². The number of rotatable bonds is 18. The lowest BCUT2D eigenvalue weighted by atomic mass is 9.77. The number of ether oxygens (including phenoxy) is 5. The number of hydrogen-bond donors (Lipinski definition) is 2. The topological polar surface area (TPSA) is 109 Å². The summed E-state index contributed by atoms with van der Waals surface area (Å²) in [5.74, 6) is 1.25. The van der Waals surface area contributed by atoms with Crippen molar-refractivity contribution in [3.05, 3.63) is 233 Å². The number of nitrogens with one attached hydrogen (secondary N) is 1. The van der Waals surface area contributed by atoms with Gasteiger partial charge in [-0.05, 0) is 58.5 Å². The third-order valence-corrected chi connectivity index (χ3v) is 12.1. The third kappa shape index (κ3) is 8.66. The molecular weight excluding hydrogens is 801 g/mol. The molecule has 0 saturated carbocycles. The van der Waals surface area contributed by atoms with Crippen LogP contribution in [0.15, 0.2) is 188 Å². The van der Waals surface area contributed by atoms with Crippen molar-refractivity contribution in [2.75, 3.05) is 19.0 Å². The van der Waals surface area contributed by atoms with E-state index in [-0.39, 0.29) is 13.2 Å². The number of anilines is 1. The summed E-state index contributed by atoms with van der Waals surface area (Å²) in [6.07, 6.45) is -0.318. The highest BCUT2D eigenvalue weighted by Crippen LogP contribution is 2.48. The number of methoxy groups -OCH3 is 1.